The fraction of sp³-hybridized carbons (Fsp3) is 0.346. The van der Waals surface area contributed by atoms with Crippen molar-refractivity contribution in [3.05, 3.63) is 94.4 Å². The molecule has 30 heavy (non-hydrogen) atoms. The standard InChI is InChI=1S/C26H28N2O2/c1-27(2)18-23-16-20-17-28(15-12-24(20)30-23)25(29)19-8-10-22(11-9-19)26(13-14-26)21-6-4-3-5-7-21/h3-11,16H,12-15,17-18H2,1-2H3. The van der Waals surface area contributed by atoms with Gasteiger partial charge < -0.3 is 14.2 Å². The number of benzene rings is 2. The summed E-state index contributed by atoms with van der Waals surface area (Å²) in [5.41, 5.74) is 4.74. The zero-order valence-corrected chi connectivity index (χ0v) is 17.7. The van der Waals surface area contributed by atoms with Gasteiger partial charge in [-0.2, -0.15) is 0 Å². The van der Waals surface area contributed by atoms with E-state index in [-0.39, 0.29) is 11.3 Å². The lowest BCUT2D eigenvalue weighted by Gasteiger charge is -2.26. The molecular formula is C26H28N2O2. The van der Waals surface area contributed by atoms with Crippen molar-refractivity contribution >= 4 is 5.91 Å². The maximum absolute atomic E-state index is 13.1. The molecule has 1 aliphatic carbocycles. The molecule has 2 heterocycles. The lowest BCUT2D eigenvalue weighted by atomic mass is 9.87. The molecule has 4 heteroatoms. The van der Waals surface area contributed by atoms with Crippen molar-refractivity contribution in [1.29, 1.82) is 0 Å². The van der Waals surface area contributed by atoms with Crippen LogP contribution in [0.1, 0.15) is 51.4 Å². The van der Waals surface area contributed by atoms with Crippen molar-refractivity contribution in [2.75, 3.05) is 20.6 Å². The molecule has 1 aromatic heterocycles. The molecule has 154 valence electrons. The Kier molecular flexibility index (Phi) is 4.75. The molecular weight excluding hydrogens is 372 g/mol. The number of furan rings is 1. The topological polar surface area (TPSA) is 36.7 Å². The zero-order valence-electron chi connectivity index (χ0n) is 17.7. The van der Waals surface area contributed by atoms with E-state index in [0.29, 0.717) is 13.1 Å². The van der Waals surface area contributed by atoms with Crippen molar-refractivity contribution in [1.82, 2.24) is 9.80 Å². The first kappa shape index (κ1) is 19.1. The summed E-state index contributed by atoms with van der Waals surface area (Å²) in [5, 5.41) is 0. The summed E-state index contributed by atoms with van der Waals surface area (Å²) in [5.74, 6) is 2.11. The fourth-order valence-electron chi connectivity index (χ4n) is 4.70. The number of fused-ring (bicyclic) bond motifs is 1. The molecule has 1 saturated carbocycles. The summed E-state index contributed by atoms with van der Waals surface area (Å²) in [7, 11) is 4.06. The summed E-state index contributed by atoms with van der Waals surface area (Å²) >= 11 is 0. The van der Waals surface area contributed by atoms with Crippen LogP contribution in [-0.2, 0) is 24.9 Å². The Morgan fingerprint density at radius 1 is 1.03 bits per heavy atom. The van der Waals surface area contributed by atoms with Crippen LogP contribution in [0.2, 0.25) is 0 Å². The maximum Gasteiger partial charge on any atom is 0.254 e. The second kappa shape index (κ2) is 7.44. The van der Waals surface area contributed by atoms with Crippen molar-refractivity contribution in [3.63, 3.8) is 0 Å². The third-order valence-electron chi connectivity index (χ3n) is 6.44. The van der Waals surface area contributed by atoms with Gasteiger partial charge in [0.2, 0.25) is 0 Å². The van der Waals surface area contributed by atoms with Crippen LogP contribution in [0.4, 0.5) is 0 Å². The van der Waals surface area contributed by atoms with E-state index in [1.54, 1.807) is 0 Å². The minimum absolute atomic E-state index is 0.104. The van der Waals surface area contributed by atoms with Crippen LogP contribution < -0.4 is 0 Å². The monoisotopic (exact) mass is 400 g/mol. The second-order valence-corrected chi connectivity index (χ2v) is 8.90. The Labute approximate surface area is 178 Å². The lowest BCUT2D eigenvalue weighted by Crippen LogP contribution is -2.35. The molecule has 1 aliphatic heterocycles. The van der Waals surface area contributed by atoms with Crippen molar-refractivity contribution in [2.45, 2.75) is 37.8 Å². The fourth-order valence-corrected chi connectivity index (χ4v) is 4.70. The molecule has 4 nitrogen and oxygen atoms in total. The Hall–Kier alpha value is -2.85. The molecule has 0 radical (unpaired) electrons. The van der Waals surface area contributed by atoms with E-state index in [0.717, 1.165) is 35.6 Å². The number of carbonyl (C=O) groups is 1. The summed E-state index contributed by atoms with van der Waals surface area (Å²) in [4.78, 5) is 17.2. The van der Waals surface area contributed by atoms with E-state index in [1.807, 2.05) is 31.1 Å². The largest absolute Gasteiger partial charge is 0.464 e. The highest BCUT2D eigenvalue weighted by Gasteiger charge is 2.45. The molecule has 1 fully saturated rings. The van der Waals surface area contributed by atoms with E-state index >= 15 is 0 Å². The Morgan fingerprint density at radius 2 is 1.73 bits per heavy atom. The molecule has 0 bridgehead atoms. The molecule has 2 aromatic carbocycles. The Morgan fingerprint density at radius 3 is 2.40 bits per heavy atom. The van der Waals surface area contributed by atoms with Crippen LogP contribution in [0.25, 0.3) is 0 Å². The smallest absolute Gasteiger partial charge is 0.254 e. The minimum Gasteiger partial charge on any atom is -0.464 e. The Bertz CT molecular complexity index is 1050. The number of hydrogen-bond donors (Lipinski definition) is 0. The molecule has 0 saturated heterocycles. The molecule has 2 aliphatic rings. The van der Waals surface area contributed by atoms with Crippen LogP contribution in [0.15, 0.2) is 65.1 Å². The molecule has 5 rings (SSSR count). The molecule has 0 N–H and O–H groups in total. The maximum atomic E-state index is 13.1. The first-order valence-electron chi connectivity index (χ1n) is 10.8. The summed E-state index contributed by atoms with van der Waals surface area (Å²) < 4.78 is 5.97. The van der Waals surface area contributed by atoms with Crippen molar-refractivity contribution in [3.8, 4) is 0 Å². The van der Waals surface area contributed by atoms with E-state index < -0.39 is 0 Å². The third-order valence-corrected chi connectivity index (χ3v) is 6.44. The van der Waals surface area contributed by atoms with Gasteiger partial charge in [0, 0.05) is 36.1 Å². The number of nitrogens with zero attached hydrogens (tertiary/aromatic N) is 2. The van der Waals surface area contributed by atoms with Gasteiger partial charge in [0.15, 0.2) is 0 Å². The molecule has 0 atom stereocenters. The first-order chi connectivity index (χ1) is 14.5. The summed E-state index contributed by atoms with van der Waals surface area (Å²) in [6, 6.07) is 21.1. The van der Waals surface area contributed by atoms with E-state index in [2.05, 4.69) is 53.4 Å². The number of amides is 1. The average molecular weight is 401 g/mol. The first-order valence-corrected chi connectivity index (χ1v) is 10.8. The van der Waals surface area contributed by atoms with Crippen molar-refractivity contribution < 1.29 is 9.21 Å². The molecule has 1 amide bonds. The summed E-state index contributed by atoms with van der Waals surface area (Å²) in [6.07, 6.45) is 3.13. The molecule has 0 spiro atoms. The van der Waals surface area contributed by atoms with E-state index in [9.17, 15) is 4.79 Å². The van der Waals surface area contributed by atoms with Gasteiger partial charge in [-0.3, -0.25) is 4.79 Å². The predicted molar refractivity (Wildman–Crippen MR) is 117 cm³/mol. The van der Waals surface area contributed by atoms with Crippen LogP contribution in [0, 0.1) is 0 Å². The molecule has 0 unspecified atom stereocenters. The zero-order chi connectivity index (χ0) is 20.7. The van der Waals surface area contributed by atoms with Crippen LogP contribution in [0.5, 0.6) is 0 Å². The van der Waals surface area contributed by atoms with Gasteiger partial charge in [0.25, 0.3) is 5.91 Å². The average Bonchev–Trinajstić information content (AvgIpc) is 3.48. The van der Waals surface area contributed by atoms with Crippen LogP contribution in [-0.4, -0.2) is 36.3 Å². The normalized spacial score (nSPS) is 17.1. The SMILES string of the molecule is CN(C)Cc1cc2c(o1)CCN(C(=O)c1ccc(C3(c4ccccc4)CC3)cc1)C2. The molecule has 3 aromatic rings. The van der Waals surface area contributed by atoms with E-state index in [4.69, 9.17) is 4.42 Å². The van der Waals surface area contributed by atoms with Gasteiger partial charge in [0.1, 0.15) is 11.5 Å². The highest BCUT2D eigenvalue weighted by atomic mass is 16.3. The number of carbonyl (C=O) groups excluding carboxylic acids is 1. The number of rotatable bonds is 5. The lowest BCUT2D eigenvalue weighted by molar-refractivity contribution is 0.0729. The van der Waals surface area contributed by atoms with Gasteiger partial charge in [-0.1, -0.05) is 42.5 Å². The van der Waals surface area contributed by atoms with Crippen LogP contribution in [0.3, 0.4) is 0 Å². The van der Waals surface area contributed by atoms with E-state index in [1.165, 1.54) is 24.0 Å². The van der Waals surface area contributed by atoms with Gasteiger partial charge in [0.05, 0.1) is 6.54 Å². The van der Waals surface area contributed by atoms with Crippen molar-refractivity contribution in [2.24, 2.45) is 0 Å². The quantitative estimate of drug-likeness (QED) is 0.627. The predicted octanol–water partition coefficient (Wildman–Crippen LogP) is 4.62. The Balaban J connectivity index is 1.31. The van der Waals surface area contributed by atoms with Gasteiger partial charge in [-0.05, 0) is 56.3 Å². The van der Waals surface area contributed by atoms with Gasteiger partial charge >= 0.3 is 0 Å². The second-order valence-electron chi connectivity index (χ2n) is 8.90. The van der Waals surface area contributed by atoms with Crippen LogP contribution >= 0.6 is 0 Å². The third kappa shape index (κ3) is 3.46. The highest BCUT2D eigenvalue weighted by molar-refractivity contribution is 5.94. The summed E-state index contributed by atoms with van der Waals surface area (Å²) in [6.45, 7) is 2.11. The number of hydrogen-bond acceptors (Lipinski definition) is 3. The van der Waals surface area contributed by atoms with Gasteiger partial charge in [-0.25, -0.2) is 0 Å². The van der Waals surface area contributed by atoms with Gasteiger partial charge in [-0.15, -0.1) is 0 Å². The highest BCUT2D eigenvalue weighted by Crippen LogP contribution is 2.53. The minimum atomic E-state index is 0.104.